The summed E-state index contributed by atoms with van der Waals surface area (Å²) in [6.07, 6.45) is 0. The summed E-state index contributed by atoms with van der Waals surface area (Å²) in [5, 5.41) is 7.31. The van der Waals surface area contributed by atoms with Gasteiger partial charge in [0.15, 0.2) is 0 Å². The Bertz CT molecular complexity index is 4000. The molecule has 0 atom stereocenters. The van der Waals surface area contributed by atoms with Crippen LogP contribution in [-0.2, 0) is 0 Å². The largest absolute Gasteiger partial charge is 0.311 e. The Morgan fingerprint density at radius 2 is 0.573 bits per heavy atom. The second-order valence-electron chi connectivity index (χ2n) is 20.1. The molecule has 0 bridgehead atoms. The number of hydrogen-bond acceptors (Lipinski definition) is 2. The van der Waals surface area contributed by atoms with Crippen molar-refractivity contribution < 1.29 is 0 Å². The van der Waals surface area contributed by atoms with E-state index in [4.69, 9.17) is 0 Å². The van der Waals surface area contributed by atoms with Crippen LogP contribution in [0.5, 0.6) is 0 Å². The first kappa shape index (κ1) is 42.9. The summed E-state index contributed by atoms with van der Waals surface area (Å²) in [6.45, 7) is -0.0971. The van der Waals surface area contributed by atoms with E-state index in [2.05, 4.69) is 295 Å². The zero-order valence-electron chi connectivity index (χ0n) is 41.1. The zero-order chi connectivity index (χ0) is 49.4. The number of anilines is 6. The maximum absolute atomic E-state index is 2.60. The lowest BCUT2D eigenvalue weighted by molar-refractivity contribution is 1.26. The number of fused-ring (bicyclic) bond motifs is 7. The molecule has 13 aromatic rings. The molecule has 75 heavy (non-hydrogen) atoms. The van der Waals surface area contributed by atoms with Gasteiger partial charge < -0.3 is 9.80 Å². The van der Waals surface area contributed by atoms with Gasteiger partial charge in [0.25, 0.3) is 6.71 Å². The fourth-order valence-electron chi connectivity index (χ4n) is 12.2. The second kappa shape index (κ2) is 17.5. The minimum absolute atomic E-state index is 0.0971. The van der Waals surface area contributed by atoms with Crippen molar-refractivity contribution in [1.29, 1.82) is 0 Å². The Balaban J connectivity index is 1.10. The van der Waals surface area contributed by atoms with Crippen LogP contribution in [0, 0.1) is 0 Å². The highest BCUT2D eigenvalue weighted by molar-refractivity contribution is 7.00. The standard InChI is InChI=1S/C72H47BN2/c1-5-20-48(21-6-1)57-36-58(49-22-7-2-8-23-49)39-62(38-57)74-68-44-55-31-15-13-29-53(55)42-66(68)73-67-43-54-30-14-16-32-56(54)45-69(67)75(63-40-59(50-24-9-3-10-25-50)37-60(41-63)51-26-11-4-12-27-51)71-47-61(46-70(74)72(71)73)65-35-19-33-52-28-17-18-34-64(52)65/h1-47H. The third kappa shape index (κ3) is 7.27. The number of hydrogen-bond donors (Lipinski definition) is 0. The van der Waals surface area contributed by atoms with Gasteiger partial charge >= 0.3 is 0 Å². The second-order valence-corrected chi connectivity index (χ2v) is 20.1. The maximum atomic E-state index is 2.60. The van der Waals surface area contributed by atoms with Gasteiger partial charge in [-0.1, -0.05) is 224 Å². The van der Waals surface area contributed by atoms with Gasteiger partial charge in [-0.2, -0.15) is 0 Å². The smallest absolute Gasteiger partial charge is 0.252 e. The minimum atomic E-state index is -0.0971. The van der Waals surface area contributed by atoms with E-state index in [0.29, 0.717) is 0 Å². The van der Waals surface area contributed by atoms with Gasteiger partial charge in [0.05, 0.1) is 0 Å². The highest BCUT2D eigenvalue weighted by Crippen LogP contribution is 2.50. The van der Waals surface area contributed by atoms with E-state index in [1.807, 2.05) is 0 Å². The summed E-state index contributed by atoms with van der Waals surface area (Å²) in [7, 11) is 0. The molecule has 2 aliphatic heterocycles. The molecule has 2 aliphatic rings. The molecule has 0 saturated heterocycles. The molecule has 0 aromatic heterocycles. The van der Waals surface area contributed by atoms with Crippen LogP contribution < -0.4 is 26.2 Å². The molecule has 0 spiro atoms. The normalized spacial score (nSPS) is 12.5. The van der Waals surface area contributed by atoms with Crippen LogP contribution in [0.2, 0.25) is 0 Å². The van der Waals surface area contributed by atoms with E-state index in [1.165, 1.54) is 122 Å². The summed E-state index contributed by atoms with van der Waals surface area (Å²) in [4.78, 5) is 5.20. The zero-order valence-corrected chi connectivity index (χ0v) is 41.1. The molecule has 3 heteroatoms. The molecular formula is C72H47BN2. The highest BCUT2D eigenvalue weighted by atomic mass is 15.2. The van der Waals surface area contributed by atoms with E-state index in [1.54, 1.807) is 0 Å². The summed E-state index contributed by atoms with van der Waals surface area (Å²) in [5.74, 6) is 0. The molecule has 15 rings (SSSR count). The molecule has 0 unspecified atom stereocenters. The lowest BCUT2D eigenvalue weighted by Gasteiger charge is -2.45. The van der Waals surface area contributed by atoms with Crippen molar-refractivity contribution in [1.82, 2.24) is 0 Å². The van der Waals surface area contributed by atoms with Crippen molar-refractivity contribution in [3.8, 4) is 55.6 Å². The summed E-state index contributed by atoms with van der Waals surface area (Å²) in [5.41, 5.74) is 22.5. The first-order valence-electron chi connectivity index (χ1n) is 26.0. The van der Waals surface area contributed by atoms with Crippen LogP contribution >= 0.6 is 0 Å². The Morgan fingerprint density at radius 3 is 0.987 bits per heavy atom. The molecule has 0 aliphatic carbocycles. The molecule has 2 heterocycles. The van der Waals surface area contributed by atoms with Gasteiger partial charge in [-0.15, -0.1) is 0 Å². The van der Waals surface area contributed by atoms with Crippen molar-refractivity contribution >= 4 is 89.5 Å². The monoisotopic (exact) mass is 950 g/mol. The van der Waals surface area contributed by atoms with E-state index in [0.717, 1.165) is 16.9 Å². The molecule has 13 aromatic carbocycles. The number of nitrogens with zero attached hydrogens (tertiary/aromatic N) is 2. The van der Waals surface area contributed by atoms with E-state index < -0.39 is 0 Å². The van der Waals surface area contributed by atoms with Crippen LogP contribution in [0.4, 0.5) is 34.1 Å². The molecule has 0 saturated carbocycles. The average molecular weight is 951 g/mol. The number of rotatable bonds is 7. The third-order valence-corrected chi connectivity index (χ3v) is 15.7. The molecule has 0 amide bonds. The Morgan fingerprint density at radius 1 is 0.227 bits per heavy atom. The van der Waals surface area contributed by atoms with Crippen LogP contribution in [0.15, 0.2) is 285 Å². The third-order valence-electron chi connectivity index (χ3n) is 15.7. The molecule has 2 nitrogen and oxygen atoms in total. The van der Waals surface area contributed by atoms with Gasteiger partial charge in [-0.3, -0.25) is 0 Å². The summed E-state index contributed by atoms with van der Waals surface area (Å²) >= 11 is 0. The van der Waals surface area contributed by atoms with Crippen LogP contribution in [-0.4, -0.2) is 6.71 Å². The Hall–Kier alpha value is -9.70. The maximum Gasteiger partial charge on any atom is 0.252 e. The van der Waals surface area contributed by atoms with Gasteiger partial charge in [0, 0.05) is 34.1 Å². The fourth-order valence-corrected chi connectivity index (χ4v) is 12.2. The lowest BCUT2D eigenvalue weighted by Crippen LogP contribution is -2.61. The molecule has 0 N–H and O–H groups in total. The van der Waals surface area contributed by atoms with Gasteiger partial charge in [0.1, 0.15) is 0 Å². The van der Waals surface area contributed by atoms with Crippen molar-refractivity contribution in [2.75, 3.05) is 9.80 Å². The van der Waals surface area contributed by atoms with Crippen molar-refractivity contribution in [2.24, 2.45) is 0 Å². The van der Waals surface area contributed by atoms with E-state index >= 15 is 0 Å². The molecule has 0 radical (unpaired) electrons. The minimum Gasteiger partial charge on any atom is -0.311 e. The Labute approximate surface area is 437 Å². The first-order chi connectivity index (χ1) is 37.2. The topological polar surface area (TPSA) is 6.48 Å². The fraction of sp³-hybridized carbons (Fsp3) is 0. The molecular weight excluding hydrogens is 904 g/mol. The number of benzene rings is 13. The predicted octanol–water partition coefficient (Wildman–Crippen LogP) is 17.6. The highest BCUT2D eigenvalue weighted by Gasteiger charge is 2.44. The van der Waals surface area contributed by atoms with Crippen LogP contribution in [0.3, 0.4) is 0 Å². The van der Waals surface area contributed by atoms with E-state index in [9.17, 15) is 0 Å². The average Bonchev–Trinajstić information content (AvgIpc) is 3.50. The van der Waals surface area contributed by atoms with Gasteiger partial charge in [-0.05, 0) is 165 Å². The van der Waals surface area contributed by atoms with Crippen molar-refractivity contribution in [3.63, 3.8) is 0 Å². The molecule has 0 fully saturated rings. The van der Waals surface area contributed by atoms with Gasteiger partial charge in [-0.25, -0.2) is 0 Å². The first-order valence-corrected chi connectivity index (χ1v) is 26.0. The summed E-state index contributed by atoms with van der Waals surface area (Å²) < 4.78 is 0. The van der Waals surface area contributed by atoms with Crippen LogP contribution in [0.25, 0.3) is 88.0 Å². The van der Waals surface area contributed by atoms with Crippen molar-refractivity contribution in [2.45, 2.75) is 0 Å². The predicted molar refractivity (Wildman–Crippen MR) is 320 cm³/mol. The van der Waals surface area contributed by atoms with Gasteiger partial charge in [0.2, 0.25) is 0 Å². The lowest BCUT2D eigenvalue weighted by atomic mass is 9.33. The molecule has 348 valence electrons. The Kier molecular flexibility index (Phi) is 10.0. The quantitative estimate of drug-likeness (QED) is 0.147. The summed E-state index contributed by atoms with van der Waals surface area (Å²) in [6, 6.07) is 106. The van der Waals surface area contributed by atoms with Crippen LogP contribution in [0.1, 0.15) is 0 Å². The van der Waals surface area contributed by atoms with Crippen molar-refractivity contribution in [3.05, 3.63) is 285 Å². The SMILES string of the molecule is c1ccc(-c2cc(-c3ccccc3)cc(N3c4cc5ccccc5cc4B4c5cc6ccccc6cc5N(c5cc(-c6ccccc6)cc(-c6ccccc6)c5)c5cc(-c6cccc7ccccc67)cc3c54)c2)cc1. The van der Waals surface area contributed by atoms with E-state index in [-0.39, 0.29) is 6.71 Å².